The number of allylic oxidation sites excluding steroid dienone is 1. The van der Waals surface area contributed by atoms with E-state index in [2.05, 4.69) is 33.4 Å². The number of benzene rings is 3. The van der Waals surface area contributed by atoms with Crippen molar-refractivity contribution >= 4 is 33.5 Å². The second-order valence-corrected chi connectivity index (χ2v) is 6.55. The van der Waals surface area contributed by atoms with Crippen LogP contribution in [-0.4, -0.2) is 5.78 Å². The molecule has 0 fully saturated rings. The molecule has 3 aromatic carbocycles. The summed E-state index contributed by atoms with van der Waals surface area (Å²) in [6.07, 6.45) is 3.45. The van der Waals surface area contributed by atoms with E-state index in [1.165, 1.54) is 5.56 Å². The standard InChI is InChI=1S/C22H18BrNO/c23-19-13-10-17(11-14-19)12-15-22(25)20-8-4-5-9-21(20)24-16-18-6-2-1-3-7-18/h1-15,24H,16H2/b15-12+. The van der Waals surface area contributed by atoms with Gasteiger partial charge in [-0.3, -0.25) is 4.79 Å². The number of hydrogen-bond acceptors (Lipinski definition) is 2. The minimum Gasteiger partial charge on any atom is -0.380 e. The van der Waals surface area contributed by atoms with Crippen LogP contribution >= 0.6 is 15.9 Å². The summed E-state index contributed by atoms with van der Waals surface area (Å²) in [7, 11) is 0. The van der Waals surface area contributed by atoms with Crippen LogP contribution in [0.3, 0.4) is 0 Å². The number of carbonyl (C=O) groups excluding carboxylic acids is 1. The molecule has 3 rings (SSSR count). The second-order valence-electron chi connectivity index (χ2n) is 5.63. The van der Waals surface area contributed by atoms with Crippen LogP contribution in [0.2, 0.25) is 0 Å². The molecule has 0 atom stereocenters. The Morgan fingerprint density at radius 1 is 0.880 bits per heavy atom. The van der Waals surface area contributed by atoms with E-state index >= 15 is 0 Å². The lowest BCUT2D eigenvalue weighted by Crippen LogP contribution is -2.05. The van der Waals surface area contributed by atoms with Gasteiger partial charge in [0, 0.05) is 22.3 Å². The molecule has 0 saturated carbocycles. The number of rotatable bonds is 6. The van der Waals surface area contributed by atoms with Crippen LogP contribution < -0.4 is 5.32 Å². The maximum absolute atomic E-state index is 12.6. The van der Waals surface area contributed by atoms with Crippen LogP contribution in [0.4, 0.5) is 5.69 Å². The Labute approximate surface area is 156 Å². The first kappa shape index (κ1) is 17.2. The van der Waals surface area contributed by atoms with E-state index in [0.29, 0.717) is 12.1 Å². The zero-order valence-corrected chi connectivity index (χ0v) is 15.2. The Kier molecular flexibility index (Phi) is 5.81. The average molecular weight is 392 g/mol. The third-order valence-corrected chi connectivity index (χ3v) is 4.34. The number of halogens is 1. The molecule has 2 nitrogen and oxygen atoms in total. The van der Waals surface area contributed by atoms with E-state index in [-0.39, 0.29) is 5.78 Å². The fourth-order valence-electron chi connectivity index (χ4n) is 2.48. The first-order valence-corrected chi connectivity index (χ1v) is 8.86. The van der Waals surface area contributed by atoms with Crippen molar-refractivity contribution in [3.63, 3.8) is 0 Å². The summed E-state index contributed by atoms with van der Waals surface area (Å²) in [6.45, 7) is 0.682. The molecule has 0 unspecified atom stereocenters. The van der Waals surface area contributed by atoms with E-state index in [0.717, 1.165) is 15.7 Å². The maximum Gasteiger partial charge on any atom is 0.187 e. The van der Waals surface area contributed by atoms with Crippen LogP contribution in [0.5, 0.6) is 0 Å². The van der Waals surface area contributed by atoms with Crippen molar-refractivity contribution in [2.75, 3.05) is 5.32 Å². The van der Waals surface area contributed by atoms with E-state index < -0.39 is 0 Å². The minimum atomic E-state index is -0.0147. The summed E-state index contributed by atoms with van der Waals surface area (Å²) in [6, 6.07) is 25.6. The number of carbonyl (C=O) groups is 1. The normalized spacial score (nSPS) is 10.8. The van der Waals surface area contributed by atoms with Gasteiger partial charge in [0.05, 0.1) is 0 Å². The van der Waals surface area contributed by atoms with Crippen LogP contribution in [0.15, 0.2) is 89.4 Å². The predicted octanol–water partition coefficient (Wildman–Crippen LogP) is 5.96. The number of nitrogens with one attached hydrogen (secondary N) is 1. The molecule has 0 heterocycles. The highest BCUT2D eigenvalue weighted by Gasteiger charge is 2.08. The first-order valence-electron chi connectivity index (χ1n) is 8.07. The van der Waals surface area contributed by atoms with Crippen molar-refractivity contribution in [2.45, 2.75) is 6.54 Å². The summed E-state index contributed by atoms with van der Waals surface area (Å²) in [5, 5.41) is 3.36. The highest BCUT2D eigenvalue weighted by molar-refractivity contribution is 9.10. The molecule has 3 heteroatoms. The molecule has 0 amide bonds. The Balaban J connectivity index is 1.73. The topological polar surface area (TPSA) is 29.1 Å². The number of hydrogen-bond donors (Lipinski definition) is 1. The molecule has 0 aromatic heterocycles. The molecular weight excluding hydrogens is 374 g/mol. The van der Waals surface area contributed by atoms with Gasteiger partial charge in [0.15, 0.2) is 5.78 Å². The average Bonchev–Trinajstić information content (AvgIpc) is 2.67. The predicted molar refractivity (Wildman–Crippen MR) is 108 cm³/mol. The first-order chi connectivity index (χ1) is 12.2. The van der Waals surface area contributed by atoms with Gasteiger partial charge in [0.2, 0.25) is 0 Å². The van der Waals surface area contributed by atoms with Gasteiger partial charge in [0.1, 0.15) is 0 Å². The molecule has 0 bridgehead atoms. The molecule has 3 aromatic rings. The molecule has 0 spiro atoms. The molecule has 0 aliphatic rings. The van der Waals surface area contributed by atoms with Crippen molar-refractivity contribution in [3.8, 4) is 0 Å². The van der Waals surface area contributed by atoms with Crippen molar-refractivity contribution in [2.24, 2.45) is 0 Å². The van der Waals surface area contributed by atoms with Gasteiger partial charge >= 0.3 is 0 Å². The van der Waals surface area contributed by atoms with Gasteiger partial charge in [-0.15, -0.1) is 0 Å². The smallest absolute Gasteiger partial charge is 0.187 e. The number of anilines is 1. The lowest BCUT2D eigenvalue weighted by Gasteiger charge is -2.10. The molecule has 1 N–H and O–H groups in total. The Hall–Kier alpha value is -2.65. The van der Waals surface area contributed by atoms with Gasteiger partial charge in [0.25, 0.3) is 0 Å². The van der Waals surface area contributed by atoms with Gasteiger partial charge in [-0.2, -0.15) is 0 Å². The third-order valence-electron chi connectivity index (χ3n) is 3.82. The fourth-order valence-corrected chi connectivity index (χ4v) is 2.75. The van der Waals surface area contributed by atoms with Crippen molar-refractivity contribution in [1.82, 2.24) is 0 Å². The fraction of sp³-hybridized carbons (Fsp3) is 0.0455. The SMILES string of the molecule is O=C(/C=C/c1ccc(Br)cc1)c1ccccc1NCc1ccccc1. The van der Waals surface area contributed by atoms with Gasteiger partial charge in [-0.1, -0.05) is 76.6 Å². The number of para-hydroxylation sites is 1. The number of ketones is 1. The van der Waals surface area contributed by atoms with Crippen LogP contribution in [0.25, 0.3) is 6.08 Å². The molecule has 0 aliphatic carbocycles. The quantitative estimate of drug-likeness (QED) is 0.414. The zero-order chi connectivity index (χ0) is 17.5. The highest BCUT2D eigenvalue weighted by atomic mass is 79.9. The van der Waals surface area contributed by atoms with Crippen molar-refractivity contribution in [3.05, 3.63) is 106 Å². The van der Waals surface area contributed by atoms with E-state index in [9.17, 15) is 4.79 Å². The Morgan fingerprint density at radius 3 is 2.32 bits per heavy atom. The second kappa shape index (κ2) is 8.45. The lowest BCUT2D eigenvalue weighted by atomic mass is 10.1. The van der Waals surface area contributed by atoms with E-state index in [4.69, 9.17) is 0 Å². The molecule has 124 valence electrons. The van der Waals surface area contributed by atoms with Gasteiger partial charge in [-0.25, -0.2) is 0 Å². The summed E-state index contributed by atoms with van der Waals surface area (Å²) in [5.74, 6) is -0.0147. The van der Waals surface area contributed by atoms with E-state index in [1.54, 1.807) is 6.08 Å². The third kappa shape index (κ3) is 4.91. The molecule has 25 heavy (non-hydrogen) atoms. The molecular formula is C22H18BrNO. The monoisotopic (exact) mass is 391 g/mol. The highest BCUT2D eigenvalue weighted by Crippen LogP contribution is 2.18. The van der Waals surface area contributed by atoms with Crippen molar-refractivity contribution in [1.29, 1.82) is 0 Å². The Bertz CT molecular complexity index is 870. The van der Waals surface area contributed by atoms with Gasteiger partial charge in [-0.05, 0) is 41.5 Å². The van der Waals surface area contributed by atoms with Crippen LogP contribution in [-0.2, 0) is 6.54 Å². The minimum absolute atomic E-state index is 0.0147. The van der Waals surface area contributed by atoms with Crippen LogP contribution in [0.1, 0.15) is 21.5 Å². The van der Waals surface area contributed by atoms with E-state index in [1.807, 2.05) is 72.8 Å². The van der Waals surface area contributed by atoms with Crippen molar-refractivity contribution < 1.29 is 4.79 Å². The van der Waals surface area contributed by atoms with Gasteiger partial charge < -0.3 is 5.32 Å². The summed E-state index contributed by atoms with van der Waals surface area (Å²) in [5.41, 5.74) is 3.69. The molecule has 0 radical (unpaired) electrons. The largest absolute Gasteiger partial charge is 0.380 e. The zero-order valence-electron chi connectivity index (χ0n) is 13.7. The maximum atomic E-state index is 12.6. The lowest BCUT2D eigenvalue weighted by molar-refractivity contribution is 0.104. The summed E-state index contributed by atoms with van der Waals surface area (Å²) >= 11 is 3.41. The molecule has 0 saturated heterocycles. The summed E-state index contributed by atoms with van der Waals surface area (Å²) in [4.78, 5) is 12.6. The van der Waals surface area contributed by atoms with Crippen LogP contribution in [0, 0.1) is 0 Å². The summed E-state index contributed by atoms with van der Waals surface area (Å²) < 4.78 is 1.02. The molecule has 0 aliphatic heterocycles. The Morgan fingerprint density at radius 2 is 1.56 bits per heavy atom.